The summed E-state index contributed by atoms with van der Waals surface area (Å²) in [4.78, 5) is 25.2. The van der Waals surface area contributed by atoms with Crippen LogP contribution in [0.15, 0.2) is 24.3 Å². The molecule has 2 fully saturated rings. The van der Waals surface area contributed by atoms with Gasteiger partial charge < -0.3 is 29.2 Å². The van der Waals surface area contributed by atoms with E-state index in [-0.39, 0.29) is 56.7 Å². The zero-order valence-electron chi connectivity index (χ0n) is 29.8. The van der Waals surface area contributed by atoms with Crippen LogP contribution >= 0.6 is 0 Å². The molecule has 0 heterocycles. The van der Waals surface area contributed by atoms with Crippen LogP contribution in [0.3, 0.4) is 0 Å². The highest BCUT2D eigenvalue weighted by molar-refractivity contribution is 5.88. The highest BCUT2D eigenvalue weighted by Crippen LogP contribution is 2.43. The SMILES string of the molecule is C=C(COCC(C)(C)O)C(=O)OCC(CCC1CCC(C2CCC(CCCCC)CC2)CC1)COC(=O)C(=C)COCC(C)(C)O. The topological polar surface area (TPSA) is 112 Å². The summed E-state index contributed by atoms with van der Waals surface area (Å²) < 4.78 is 21.9. The molecule has 2 saturated carbocycles. The molecule has 0 aliphatic heterocycles. The predicted octanol–water partition coefficient (Wildman–Crippen LogP) is 7.35. The first-order chi connectivity index (χ1) is 21.7. The van der Waals surface area contributed by atoms with Crippen LogP contribution in [0.4, 0.5) is 0 Å². The van der Waals surface area contributed by atoms with E-state index >= 15 is 0 Å². The van der Waals surface area contributed by atoms with Gasteiger partial charge in [0.1, 0.15) is 0 Å². The minimum Gasteiger partial charge on any atom is -0.462 e. The summed E-state index contributed by atoms with van der Waals surface area (Å²) in [5, 5.41) is 19.6. The minimum atomic E-state index is -1.00. The Kier molecular flexibility index (Phi) is 18.1. The van der Waals surface area contributed by atoms with E-state index in [4.69, 9.17) is 18.9 Å². The predicted molar refractivity (Wildman–Crippen MR) is 182 cm³/mol. The van der Waals surface area contributed by atoms with Crippen LogP contribution < -0.4 is 0 Å². The molecule has 0 radical (unpaired) electrons. The van der Waals surface area contributed by atoms with Gasteiger partial charge in [0, 0.05) is 5.92 Å². The number of esters is 2. The molecule has 0 aromatic heterocycles. The molecule has 0 unspecified atom stereocenters. The summed E-state index contributed by atoms with van der Waals surface area (Å²) in [6.07, 6.45) is 18.0. The molecule has 0 amide bonds. The van der Waals surface area contributed by atoms with Gasteiger partial charge >= 0.3 is 11.9 Å². The number of carbonyl (C=O) groups is 2. The Bertz CT molecular complexity index is 866. The van der Waals surface area contributed by atoms with E-state index in [0.717, 1.165) is 30.6 Å². The van der Waals surface area contributed by atoms with E-state index < -0.39 is 23.1 Å². The monoisotopic (exact) mass is 650 g/mol. The largest absolute Gasteiger partial charge is 0.462 e. The van der Waals surface area contributed by atoms with E-state index in [1.54, 1.807) is 27.7 Å². The van der Waals surface area contributed by atoms with Crippen molar-refractivity contribution in [3.8, 4) is 0 Å². The Morgan fingerprint density at radius 3 is 1.50 bits per heavy atom. The van der Waals surface area contributed by atoms with Gasteiger partial charge in [0.05, 0.1) is 62.0 Å². The molecule has 0 aromatic carbocycles. The molecule has 2 rings (SSSR count). The maximum Gasteiger partial charge on any atom is 0.335 e. The van der Waals surface area contributed by atoms with Gasteiger partial charge in [0.15, 0.2) is 0 Å². The number of ether oxygens (including phenoxy) is 4. The zero-order valence-corrected chi connectivity index (χ0v) is 29.8. The maximum absolute atomic E-state index is 12.6. The molecule has 2 aliphatic carbocycles. The van der Waals surface area contributed by atoms with E-state index in [9.17, 15) is 19.8 Å². The van der Waals surface area contributed by atoms with Gasteiger partial charge in [-0.25, -0.2) is 9.59 Å². The zero-order chi connectivity index (χ0) is 34.2. The lowest BCUT2D eigenvalue weighted by molar-refractivity contribution is -0.145. The average molecular weight is 651 g/mol. The normalized spacial score (nSPS) is 22.4. The van der Waals surface area contributed by atoms with E-state index in [2.05, 4.69) is 20.1 Å². The van der Waals surface area contributed by atoms with Crippen LogP contribution in [-0.4, -0.2) is 73.0 Å². The molecule has 0 atom stereocenters. The molecular formula is C38H66O8. The van der Waals surface area contributed by atoms with Gasteiger partial charge in [0.2, 0.25) is 0 Å². The molecule has 8 heteroatoms. The molecule has 2 N–H and O–H groups in total. The smallest absolute Gasteiger partial charge is 0.335 e. The number of hydrogen-bond acceptors (Lipinski definition) is 8. The summed E-state index contributed by atoms with van der Waals surface area (Å²) in [5.74, 6) is 2.06. The lowest BCUT2D eigenvalue weighted by Gasteiger charge is -2.38. The van der Waals surface area contributed by atoms with Crippen LogP contribution in [0.2, 0.25) is 0 Å². The fourth-order valence-electron chi connectivity index (χ4n) is 6.82. The third-order valence-corrected chi connectivity index (χ3v) is 9.59. The summed E-state index contributed by atoms with van der Waals surface area (Å²) >= 11 is 0. The minimum absolute atomic E-state index is 0.0311. The third kappa shape index (κ3) is 17.4. The van der Waals surface area contributed by atoms with Gasteiger partial charge in [-0.05, 0) is 89.9 Å². The Balaban J connectivity index is 1.82. The van der Waals surface area contributed by atoms with Gasteiger partial charge in [-0.2, -0.15) is 0 Å². The fraction of sp³-hybridized carbons (Fsp3) is 0.842. The van der Waals surface area contributed by atoms with E-state index in [1.165, 1.54) is 77.0 Å². The van der Waals surface area contributed by atoms with Crippen LogP contribution in [0.25, 0.3) is 0 Å². The molecule has 2 aliphatic rings. The number of hydrogen-bond donors (Lipinski definition) is 2. The second-order valence-corrected chi connectivity index (χ2v) is 15.5. The first kappa shape index (κ1) is 40.4. The molecule has 0 bridgehead atoms. The number of rotatable bonds is 22. The quantitative estimate of drug-likeness (QED) is 0.0711. The Morgan fingerprint density at radius 1 is 0.696 bits per heavy atom. The van der Waals surface area contributed by atoms with Gasteiger partial charge in [-0.15, -0.1) is 0 Å². The highest BCUT2D eigenvalue weighted by Gasteiger charge is 2.31. The van der Waals surface area contributed by atoms with E-state index in [1.807, 2.05) is 0 Å². The van der Waals surface area contributed by atoms with E-state index in [0.29, 0.717) is 5.92 Å². The number of aliphatic hydroxyl groups is 2. The Hall–Kier alpha value is -1.74. The van der Waals surface area contributed by atoms with Crippen molar-refractivity contribution in [2.24, 2.45) is 29.6 Å². The third-order valence-electron chi connectivity index (χ3n) is 9.59. The lowest BCUT2D eigenvalue weighted by atomic mass is 9.68. The fourth-order valence-corrected chi connectivity index (χ4v) is 6.82. The van der Waals surface area contributed by atoms with Crippen LogP contribution in [0, 0.1) is 29.6 Å². The maximum atomic E-state index is 12.6. The first-order valence-electron chi connectivity index (χ1n) is 18.0. The van der Waals surface area contributed by atoms with Gasteiger partial charge in [0.25, 0.3) is 0 Å². The second kappa shape index (κ2) is 20.6. The van der Waals surface area contributed by atoms with Gasteiger partial charge in [-0.3, -0.25) is 0 Å². The lowest BCUT2D eigenvalue weighted by Crippen LogP contribution is -2.28. The van der Waals surface area contributed by atoms with Crippen LogP contribution in [0.1, 0.15) is 125 Å². The molecular weight excluding hydrogens is 584 g/mol. The summed E-state index contributed by atoms with van der Waals surface area (Å²) in [6.45, 7) is 16.6. The molecule has 8 nitrogen and oxygen atoms in total. The van der Waals surface area contributed by atoms with Crippen molar-refractivity contribution in [2.75, 3.05) is 39.6 Å². The molecule has 0 saturated heterocycles. The summed E-state index contributed by atoms with van der Waals surface area (Å²) in [6, 6.07) is 0. The molecule has 0 aromatic rings. The molecule has 0 spiro atoms. The number of unbranched alkanes of at least 4 members (excludes halogenated alkanes) is 2. The van der Waals surface area contributed by atoms with Crippen molar-refractivity contribution in [1.82, 2.24) is 0 Å². The van der Waals surface area contributed by atoms with Crippen LogP contribution in [-0.2, 0) is 28.5 Å². The first-order valence-corrected chi connectivity index (χ1v) is 18.0. The van der Waals surface area contributed by atoms with Gasteiger partial charge in [-0.1, -0.05) is 71.4 Å². The number of carbonyl (C=O) groups excluding carboxylic acids is 2. The molecule has 266 valence electrons. The van der Waals surface area contributed by atoms with Crippen molar-refractivity contribution in [3.63, 3.8) is 0 Å². The average Bonchev–Trinajstić information content (AvgIpc) is 2.99. The van der Waals surface area contributed by atoms with Crippen molar-refractivity contribution < 1.29 is 38.7 Å². The van der Waals surface area contributed by atoms with Crippen molar-refractivity contribution in [3.05, 3.63) is 24.3 Å². The Labute approximate surface area is 279 Å². The Morgan fingerprint density at radius 2 is 1.11 bits per heavy atom. The van der Waals surface area contributed by atoms with Crippen molar-refractivity contribution in [2.45, 2.75) is 136 Å². The second-order valence-electron chi connectivity index (χ2n) is 15.5. The highest BCUT2D eigenvalue weighted by atomic mass is 16.6. The van der Waals surface area contributed by atoms with Crippen LogP contribution in [0.5, 0.6) is 0 Å². The molecule has 46 heavy (non-hydrogen) atoms. The van der Waals surface area contributed by atoms with Crippen molar-refractivity contribution in [1.29, 1.82) is 0 Å². The summed E-state index contributed by atoms with van der Waals surface area (Å²) in [5.41, 5.74) is -1.67. The summed E-state index contributed by atoms with van der Waals surface area (Å²) in [7, 11) is 0. The standard InChI is InChI=1S/C38H66O8/c1-8-9-10-11-30-14-18-33(19-15-30)34-20-16-31(17-21-34)12-13-32(24-45-35(39)28(2)22-43-26-37(4,5)41)25-46-36(40)29(3)23-44-27-38(6,7)42/h30-34,41-42H,2-3,8-27H2,1,4-7H3. The van der Waals surface area contributed by atoms with Crippen molar-refractivity contribution >= 4 is 11.9 Å².